The molecular formula is C28H26O4. The smallest absolute Gasteiger partial charge is 0.195 e. The van der Waals surface area contributed by atoms with Gasteiger partial charge in [-0.1, -0.05) is 91.0 Å². The number of hydrogen-bond donors (Lipinski definition) is 2. The van der Waals surface area contributed by atoms with Crippen molar-refractivity contribution >= 4 is 11.6 Å². The second-order valence-corrected chi connectivity index (χ2v) is 7.59. The van der Waals surface area contributed by atoms with E-state index in [0.29, 0.717) is 17.5 Å². The molecule has 162 valence electrons. The average Bonchev–Trinajstić information content (AvgIpc) is 2.86. The Labute approximate surface area is 188 Å². The van der Waals surface area contributed by atoms with Crippen LogP contribution in [0.15, 0.2) is 115 Å². The van der Waals surface area contributed by atoms with Crippen molar-refractivity contribution in [1.29, 1.82) is 0 Å². The normalized spacial score (nSPS) is 14.9. The number of aliphatic hydroxyl groups excluding tert-OH is 1. The number of hydrogen-bond acceptors (Lipinski definition) is 4. The summed E-state index contributed by atoms with van der Waals surface area (Å²) in [4.78, 5) is 22.8. The minimum atomic E-state index is -1.08. The van der Waals surface area contributed by atoms with Crippen molar-refractivity contribution in [2.45, 2.75) is 24.5 Å². The van der Waals surface area contributed by atoms with Gasteiger partial charge in [-0.05, 0) is 48.3 Å². The Hall–Kier alpha value is -3.60. The van der Waals surface area contributed by atoms with Crippen molar-refractivity contribution in [2.24, 2.45) is 0 Å². The topological polar surface area (TPSA) is 74.6 Å². The van der Waals surface area contributed by atoms with Crippen LogP contribution in [0.2, 0.25) is 0 Å². The lowest BCUT2D eigenvalue weighted by atomic mass is 9.91. The molecule has 0 aliphatic heterocycles. The van der Waals surface area contributed by atoms with Crippen molar-refractivity contribution in [3.63, 3.8) is 0 Å². The van der Waals surface area contributed by atoms with E-state index in [-0.39, 0.29) is 11.6 Å². The molecular weight excluding hydrogens is 400 g/mol. The summed E-state index contributed by atoms with van der Waals surface area (Å²) < 4.78 is 0. The summed E-state index contributed by atoms with van der Waals surface area (Å²) in [5.41, 5.74) is 1.37. The molecule has 2 N–H and O–H groups in total. The van der Waals surface area contributed by atoms with Crippen molar-refractivity contribution in [3.8, 4) is 0 Å². The molecule has 0 heterocycles. The molecule has 1 aliphatic carbocycles. The Bertz CT molecular complexity index is 1050. The van der Waals surface area contributed by atoms with Crippen molar-refractivity contribution in [2.75, 3.05) is 0 Å². The zero-order valence-corrected chi connectivity index (χ0v) is 17.7. The molecule has 4 nitrogen and oxygen atoms in total. The zero-order chi connectivity index (χ0) is 22.8. The molecule has 3 aromatic rings. The van der Waals surface area contributed by atoms with Crippen LogP contribution in [0.5, 0.6) is 0 Å². The predicted molar refractivity (Wildman–Crippen MR) is 125 cm³/mol. The molecule has 0 saturated heterocycles. The maximum atomic E-state index is 11.9. The number of allylic oxidation sites excluding steroid dienone is 2. The molecule has 4 rings (SSSR count). The lowest BCUT2D eigenvalue weighted by Gasteiger charge is -2.22. The summed E-state index contributed by atoms with van der Waals surface area (Å²) in [5.74, 6) is -0.337. The van der Waals surface area contributed by atoms with Gasteiger partial charge >= 0.3 is 0 Å². The number of benzene rings is 3. The minimum Gasteiger partial charge on any atom is -0.382 e. The van der Waals surface area contributed by atoms with Gasteiger partial charge in [0.2, 0.25) is 0 Å². The molecule has 1 atom stereocenters. The number of ketones is 2. The maximum absolute atomic E-state index is 11.9. The molecule has 1 unspecified atom stereocenters. The molecule has 3 aromatic carbocycles. The van der Waals surface area contributed by atoms with Crippen LogP contribution < -0.4 is 0 Å². The SMILES string of the molecule is O=C(c1ccccc1)C(O)c1ccccc1.O=C1C=CC(O)(CCc2ccccc2)C=C1. The highest BCUT2D eigenvalue weighted by atomic mass is 16.3. The number of aryl methyl sites for hydroxylation is 1. The van der Waals surface area contributed by atoms with Crippen molar-refractivity contribution in [3.05, 3.63) is 132 Å². The highest BCUT2D eigenvalue weighted by Crippen LogP contribution is 2.21. The van der Waals surface area contributed by atoms with Gasteiger partial charge < -0.3 is 10.2 Å². The van der Waals surface area contributed by atoms with E-state index in [2.05, 4.69) is 0 Å². The zero-order valence-electron chi connectivity index (χ0n) is 17.7. The molecule has 0 bridgehead atoms. The fraction of sp³-hybridized carbons (Fsp3) is 0.143. The van der Waals surface area contributed by atoms with Gasteiger partial charge in [-0.25, -0.2) is 0 Å². The standard InChI is InChI=1S/C14H12O2.C14H14O2/c15-13(11-7-3-1-4-8-11)14(16)12-9-5-2-6-10-12;15-13-7-10-14(16,11-8-13)9-6-12-4-2-1-3-5-12/h1-10,13,15H;1-5,7-8,10-11,16H,6,9H2. The van der Waals surface area contributed by atoms with Crippen LogP contribution in [0.1, 0.15) is 34.0 Å². The van der Waals surface area contributed by atoms with Gasteiger partial charge in [-0.15, -0.1) is 0 Å². The summed E-state index contributed by atoms with van der Waals surface area (Å²) in [7, 11) is 0. The van der Waals surface area contributed by atoms with E-state index in [1.54, 1.807) is 60.7 Å². The van der Waals surface area contributed by atoms with E-state index in [9.17, 15) is 19.8 Å². The van der Waals surface area contributed by atoms with Crippen molar-refractivity contribution < 1.29 is 19.8 Å². The Kier molecular flexibility index (Phi) is 8.03. The van der Waals surface area contributed by atoms with Gasteiger partial charge in [-0.3, -0.25) is 9.59 Å². The van der Waals surface area contributed by atoms with E-state index >= 15 is 0 Å². The number of carbonyl (C=O) groups is 2. The van der Waals surface area contributed by atoms with Crippen LogP contribution in [-0.2, 0) is 11.2 Å². The summed E-state index contributed by atoms with van der Waals surface area (Å²) >= 11 is 0. The van der Waals surface area contributed by atoms with Gasteiger partial charge in [0.25, 0.3) is 0 Å². The Balaban J connectivity index is 0.000000181. The third-order valence-electron chi connectivity index (χ3n) is 5.15. The van der Waals surface area contributed by atoms with Crippen LogP contribution in [0.4, 0.5) is 0 Å². The van der Waals surface area contributed by atoms with Crippen LogP contribution in [0.3, 0.4) is 0 Å². The van der Waals surface area contributed by atoms with Crippen LogP contribution in [-0.4, -0.2) is 27.4 Å². The van der Waals surface area contributed by atoms with Gasteiger partial charge in [0.15, 0.2) is 11.6 Å². The summed E-state index contributed by atoms with van der Waals surface area (Å²) in [6, 6.07) is 27.7. The third kappa shape index (κ3) is 6.71. The quantitative estimate of drug-likeness (QED) is 0.563. The van der Waals surface area contributed by atoms with Crippen molar-refractivity contribution in [1.82, 2.24) is 0 Å². The molecule has 0 saturated carbocycles. The highest BCUT2D eigenvalue weighted by molar-refractivity contribution is 6.00. The van der Waals surface area contributed by atoms with Crippen LogP contribution in [0, 0.1) is 0 Å². The number of rotatable bonds is 6. The first-order valence-corrected chi connectivity index (χ1v) is 10.5. The van der Waals surface area contributed by atoms with E-state index in [1.807, 2.05) is 42.5 Å². The first-order chi connectivity index (χ1) is 15.5. The monoisotopic (exact) mass is 426 g/mol. The number of Topliss-reactive ketones (excluding diaryl/α,β-unsaturated/α-hetero) is 1. The fourth-order valence-corrected chi connectivity index (χ4v) is 3.27. The van der Waals surface area contributed by atoms with Gasteiger partial charge in [-0.2, -0.15) is 0 Å². The van der Waals surface area contributed by atoms with E-state index in [1.165, 1.54) is 17.7 Å². The lowest BCUT2D eigenvalue weighted by molar-refractivity contribution is -0.110. The van der Waals surface area contributed by atoms with Gasteiger partial charge in [0.05, 0.1) is 0 Å². The molecule has 1 aliphatic rings. The fourth-order valence-electron chi connectivity index (χ4n) is 3.27. The Morgan fingerprint density at radius 1 is 0.781 bits per heavy atom. The number of aliphatic hydroxyl groups is 2. The molecule has 0 aromatic heterocycles. The van der Waals surface area contributed by atoms with Gasteiger partial charge in [0.1, 0.15) is 11.7 Å². The molecule has 0 amide bonds. The molecule has 0 fully saturated rings. The van der Waals surface area contributed by atoms with E-state index < -0.39 is 11.7 Å². The first kappa shape index (κ1) is 23.1. The maximum Gasteiger partial charge on any atom is 0.195 e. The van der Waals surface area contributed by atoms with Gasteiger partial charge in [0, 0.05) is 5.56 Å². The Morgan fingerprint density at radius 2 is 1.28 bits per heavy atom. The molecule has 0 radical (unpaired) electrons. The summed E-state index contributed by atoms with van der Waals surface area (Å²) in [5, 5.41) is 20.0. The van der Waals surface area contributed by atoms with E-state index in [0.717, 1.165) is 6.42 Å². The minimum absolute atomic E-state index is 0.0654. The van der Waals surface area contributed by atoms with Crippen LogP contribution in [0.25, 0.3) is 0 Å². The Morgan fingerprint density at radius 3 is 1.84 bits per heavy atom. The first-order valence-electron chi connectivity index (χ1n) is 10.5. The molecule has 0 spiro atoms. The summed E-state index contributed by atoms with van der Waals surface area (Å²) in [6.45, 7) is 0. The second-order valence-electron chi connectivity index (χ2n) is 7.59. The molecule has 32 heavy (non-hydrogen) atoms. The van der Waals surface area contributed by atoms with Crippen LogP contribution >= 0.6 is 0 Å². The largest absolute Gasteiger partial charge is 0.382 e. The third-order valence-corrected chi connectivity index (χ3v) is 5.15. The van der Waals surface area contributed by atoms with E-state index in [4.69, 9.17) is 0 Å². The summed E-state index contributed by atoms with van der Waals surface area (Å²) in [6.07, 6.45) is 6.29. The second kappa shape index (κ2) is 11.1. The predicted octanol–water partition coefficient (Wildman–Crippen LogP) is 4.65. The molecule has 4 heteroatoms. The lowest BCUT2D eigenvalue weighted by Crippen LogP contribution is -2.26. The average molecular weight is 427 g/mol. The highest BCUT2D eigenvalue weighted by Gasteiger charge is 2.22. The number of carbonyl (C=O) groups excluding carboxylic acids is 2.